The fraction of sp³-hybridized carbons (Fsp3) is 0.895. The van der Waals surface area contributed by atoms with E-state index in [1.54, 1.807) is 5.57 Å². The summed E-state index contributed by atoms with van der Waals surface area (Å²) in [5.74, 6) is 2.27. The molecule has 0 aromatic rings. The van der Waals surface area contributed by atoms with Crippen LogP contribution in [0.15, 0.2) is 11.6 Å². The van der Waals surface area contributed by atoms with Gasteiger partial charge in [0.15, 0.2) is 0 Å². The third-order valence-corrected chi connectivity index (χ3v) is 8.03. The Morgan fingerprint density at radius 3 is 2.55 bits per heavy atom. The summed E-state index contributed by atoms with van der Waals surface area (Å²) in [5.41, 5.74) is 2.05. The Labute approximate surface area is 134 Å². The maximum absolute atomic E-state index is 10.5. The van der Waals surface area contributed by atoms with Crippen molar-refractivity contribution in [2.45, 2.75) is 77.4 Å². The molecule has 7 atom stereocenters. The number of rotatable bonds is 0. The van der Waals surface area contributed by atoms with Gasteiger partial charge in [-0.15, -0.1) is 0 Å². The highest BCUT2D eigenvalue weighted by Crippen LogP contribution is 2.64. The molecule has 4 aliphatic rings. The molecule has 4 rings (SSSR count). The Kier molecular flexibility index (Phi) is 3.99. The first-order valence-corrected chi connectivity index (χ1v) is 9.01. The Morgan fingerprint density at radius 1 is 1.00 bits per heavy atom. The number of aliphatic hydroxyl groups is 2. The summed E-state index contributed by atoms with van der Waals surface area (Å²) in [5, 5.41) is 20.5. The van der Waals surface area contributed by atoms with Crippen molar-refractivity contribution >= 4 is 0 Å². The van der Waals surface area contributed by atoms with Crippen LogP contribution in [0.4, 0.5) is 0 Å². The summed E-state index contributed by atoms with van der Waals surface area (Å²) < 4.78 is 0. The van der Waals surface area contributed by atoms with E-state index in [2.05, 4.69) is 19.9 Å². The van der Waals surface area contributed by atoms with Crippen LogP contribution in [0.2, 0.25) is 0 Å². The molecule has 0 radical (unpaired) electrons. The Balaban J connectivity index is 0.00000144. The van der Waals surface area contributed by atoms with Crippen LogP contribution in [0.5, 0.6) is 0 Å². The van der Waals surface area contributed by atoms with Crippen molar-refractivity contribution in [1.82, 2.24) is 0 Å². The molecule has 0 unspecified atom stereocenters. The zero-order valence-corrected chi connectivity index (χ0v) is 14.0. The van der Waals surface area contributed by atoms with Crippen molar-refractivity contribution in [2.75, 3.05) is 0 Å². The molecule has 3 nitrogen and oxygen atoms in total. The van der Waals surface area contributed by atoms with Gasteiger partial charge in [0.2, 0.25) is 0 Å². The third kappa shape index (κ3) is 2.05. The van der Waals surface area contributed by atoms with Crippen LogP contribution in [0.25, 0.3) is 0 Å². The first-order chi connectivity index (χ1) is 9.95. The fourth-order valence-electron chi connectivity index (χ4n) is 6.61. The Bertz CT molecular complexity index is 473. The van der Waals surface area contributed by atoms with Crippen molar-refractivity contribution in [3.63, 3.8) is 0 Å². The van der Waals surface area contributed by atoms with Crippen molar-refractivity contribution in [3.8, 4) is 0 Å². The molecule has 22 heavy (non-hydrogen) atoms. The highest BCUT2D eigenvalue weighted by molar-refractivity contribution is 5.25. The van der Waals surface area contributed by atoms with Crippen LogP contribution in [-0.4, -0.2) is 27.9 Å². The zero-order chi connectivity index (χ0) is 14.8. The summed E-state index contributed by atoms with van der Waals surface area (Å²) in [6.07, 6.45) is 11.2. The second-order valence-electron chi connectivity index (χ2n) is 8.79. The lowest BCUT2D eigenvalue weighted by atomic mass is 9.48. The van der Waals surface area contributed by atoms with Crippen molar-refractivity contribution in [3.05, 3.63) is 11.6 Å². The fourth-order valence-corrected chi connectivity index (χ4v) is 6.61. The molecular formula is C19H32O3. The van der Waals surface area contributed by atoms with Gasteiger partial charge in [0.1, 0.15) is 0 Å². The second kappa shape index (κ2) is 5.32. The summed E-state index contributed by atoms with van der Waals surface area (Å²) in [4.78, 5) is 0. The summed E-state index contributed by atoms with van der Waals surface area (Å²) in [6.45, 7) is 4.81. The van der Waals surface area contributed by atoms with E-state index in [9.17, 15) is 10.2 Å². The molecule has 0 spiro atoms. The van der Waals surface area contributed by atoms with Gasteiger partial charge in [-0.2, -0.15) is 0 Å². The normalized spacial score (nSPS) is 53.6. The molecule has 0 bridgehead atoms. The molecule has 0 aliphatic heterocycles. The topological polar surface area (TPSA) is 72.0 Å². The molecular weight excluding hydrogens is 276 g/mol. The van der Waals surface area contributed by atoms with Gasteiger partial charge in [0.25, 0.3) is 0 Å². The van der Waals surface area contributed by atoms with Gasteiger partial charge < -0.3 is 15.7 Å². The number of hydrogen-bond acceptors (Lipinski definition) is 2. The van der Waals surface area contributed by atoms with Crippen LogP contribution in [0, 0.1) is 28.6 Å². The van der Waals surface area contributed by atoms with E-state index in [-0.39, 0.29) is 23.1 Å². The lowest BCUT2D eigenvalue weighted by molar-refractivity contribution is -0.0711. The van der Waals surface area contributed by atoms with Crippen molar-refractivity contribution < 1.29 is 15.7 Å². The predicted molar refractivity (Wildman–Crippen MR) is 87.3 cm³/mol. The van der Waals surface area contributed by atoms with Gasteiger partial charge in [-0.25, -0.2) is 0 Å². The molecule has 0 saturated heterocycles. The van der Waals surface area contributed by atoms with Gasteiger partial charge in [0, 0.05) is 0 Å². The van der Waals surface area contributed by atoms with E-state index < -0.39 is 0 Å². The average molecular weight is 308 g/mol. The maximum Gasteiger partial charge on any atom is 0.0596 e. The first-order valence-electron chi connectivity index (χ1n) is 9.01. The van der Waals surface area contributed by atoms with E-state index in [4.69, 9.17) is 0 Å². The molecule has 0 aromatic carbocycles. The van der Waals surface area contributed by atoms with Gasteiger partial charge in [-0.3, -0.25) is 0 Å². The van der Waals surface area contributed by atoms with Gasteiger partial charge in [-0.05, 0) is 80.0 Å². The van der Waals surface area contributed by atoms with E-state index in [1.807, 2.05) is 0 Å². The van der Waals surface area contributed by atoms with Crippen LogP contribution in [-0.2, 0) is 0 Å². The van der Waals surface area contributed by atoms with Crippen molar-refractivity contribution in [1.29, 1.82) is 0 Å². The second-order valence-corrected chi connectivity index (χ2v) is 8.79. The first kappa shape index (κ1) is 16.5. The summed E-state index contributed by atoms with van der Waals surface area (Å²) >= 11 is 0. The van der Waals surface area contributed by atoms with Crippen LogP contribution in [0.1, 0.15) is 65.2 Å². The maximum atomic E-state index is 10.5. The Hall–Kier alpha value is -0.380. The summed E-state index contributed by atoms with van der Waals surface area (Å²) in [6, 6.07) is 0. The summed E-state index contributed by atoms with van der Waals surface area (Å²) in [7, 11) is 0. The van der Waals surface area contributed by atoms with E-state index in [0.29, 0.717) is 11.3 Å². The van der Waals surface area contributed by atoms with E-state index in [0.717, 1.165) is 37.5 Å². The van der Waals surface area contributed by atoms with Crippen LogP contribution < -0.4 is 0 Å². The molecule has 0 heterocycles. The minimum Gasteiger partial charge on any atom is -0.412 e. The minimum atomic E-state index is -0.108. The Morgan fingerprint density at radius 2 is 1.77 bits per heavy atom. The lowest BCUT2D eigenvalue weighted by Gasteiger charge is -2.57. The molecule has 0 aromatic heterocycles. The zero-order valence-electron chi connectivity index (χ0n) is 14.0. The number of allylic oxidation sites excluding steroid dienone is 1. The molecule has 126 valence electrons. The average Bonchev–Trinajstić information content (AvgIpc) is 2.76. The molecule has 3 heteroatoms. The quantitative estimate of drug-likeness (QED) is 0.675. The lowest BCUT2D eigenvalue weighted by Crippen LogP contribution is -2.51. The third-order valence-electron chi connectivity index (χ3n) is 8.03. The highest BCUT2D eigenvalue weighted by Gasteiger charge is 2.58. The smallest absolute Gasteiger partial charge is 0.0596 e. The SMILES string of the molecule is C[C@]12CC[C@H]3[C@@H](CC=C4C[C@@H](O)CC[C@@]43C)[C@@H]1CC[C@@H]2O.O. The number of hydrogen-bond donors (Lipinski definition) is 2. The van der Waals surface area contributed by atoms with Gasteiger partial charge in [0.05, 0.1) is 12.2 Å². The minimum absolute atomic E-state index is 0. The van der Waals surface area contributed by atoms with Crippen molar-refractivity contribution in [2.24, 2.45) is 28.6 Å². The van der Waals surface area contributed by atoms with E-state index >= 15 is 0 Å². The molecule has 3 saturated carbocycles. The molecule has 4 N–H and O–H groups in total. The largest absolute Gasteiger partial charge is 0.412 e. The number of fused-ring (bicyclic) bond motifs is 5. The predicted octanol–water partition coefficient (Wildman–Crippen LogP) is 2.85. The van der Waals surface area contributed by atoms with Gasteiger partial charge >= 0.3 is 0 Å². The highest BCUT2D eigenvalue weighted by atomic mass is 16.3. The molecule has 0 amide bonds. The standard InChI is InChI=1S/C19H30O2.H2O/c1-18-9-7-13(20)11-12(18)3-4-14-15-5-6-17(21)19(15,2)10-8-16(14)18;/h3,13-17,20-21H,4-11H2,1-2H3;1H2/t13-,14-,15-,16-,17-,18-,19-;/m0./s1. The molecule has 4 aliphatic carbocycles. The van der Waals surface area contributed by atoms with Crippen LogP contribution >= 0.6 is 0 Å². The number of aliphatic hydroxyl groups excluding tert-OH is 2. The molecule has 3 fully saturated rings. The monoisotopic (exact) mass is 308 g/mol. The van der Waals surface area contributed by atoms with Gasteiger partial charge in [-0.1, -0.05) is 25.5 Å². The van der Waals surface area contributed by atoms with Crippen LogP contribution in [0.3, 0.4) is 0 Å². The van der Waals surface area contributed by atoms with E-state index in [1.165, 1.54) is 25.7 Å².